The molecule has 0 saturated heterocycles. The molecule has 2 aliphatic rings. The Balaban J connectivity index is 1.41. The lowest BCUT2D eigenvalue weighted by molar-refractivity contribution is 0.0739. The van der Waals surface area contributed by atoms with Crippen molar-refractivity contribution in [2.45, 2.75) is 70.4 Å². The quantitative estimate of drug-likeness (QED) is 0.447. The van der Waals surface area contributed by atoms with Crippen LogP contribution in [0.4, 0.5) is 5.69 Å². The van der Waals surface area contributed by atoms with Gasteiger partial charge in [0.15, 0.2) is 0 Å². The Kier molecular flexibility index (Phi) is 7.72. The molecular weight excluding hydrogens is 432 g/mol. The van der Waals surface area contributed by atoms with E-state index in [1.165, 1.54) is 42.5 Å². The van der Waals surface area contributed by atoms with Crippen LogP contribution in [0.3, 0.4) is 0 Å². The van der Waals surface area contributed by atoms with Crippen molar-refractivity contribution in [2.75, 3.05) is 18.0 Å². The van der Waals surface area contributed by atoms with Crippen molar-refractivity contribution >= 4 is 11.6 Å². The maximum Gasteiger partial charge on any atom is 0.257 e. The van der Waals surface area contributed by atoms with Gasteiger partial charge < -0.3 is 9.80 Å². The average molecular weight is 469 g/mol. The van der Waals surface area contributed by atoms with E-state index in [4.69, 9.17) is 0 Å². The van der Waals surface area contributed by atoms with E-state index in [1.807, 2.05) is 4.90 Å². The van der Waals surface area contributed by atoms with Crippen molar-refractivity contribution in [3.05, 3.63) is 89.5 Å². The third-order valence-electron chi connectivity index (χ3n) is 7.16. The minimum atomic E-state index is 0.0339. The lowest BCUT2D eigenvalue weighted by atomic mass is 10.1. The molecule has 2 aromatic carbocycles. The van der Waals surface area contributed by atoms with E-state index >= 15 is 0 Å². The lowest BCUT2D eigenvalue weighted by Gasteiger charge is -2.30. The Bertz CT molecular complexity index is 1090. The summed E-state index contributed by atoms with van der Waals surface area (Å²) in [4.78, 5) is 27.1. The molecule has 1 amide bonds. The van der Waals surface area contributed by atoms with Crippen molar-refractivity contribution in [1.29, 1.82) is 0 Å². The molecule has 0 unspecified atom stereocenters. The number of hydrogen-bond donors (Lipinski definition) is 0. The molecule has 35 heavy (non-hydrogen) atoms. The van der Waals surface area contributed by atoms with Gasteiger partial charge in [-0.1, -0.05) is 74.2 Å². The van der Waals surface area contributed by atoms with Gasteiger partial charge in [0.25, 0.3) is 5.91 Å². The van der Waals surface area contributed by atoms with Crippen LogP contribution in [-0.4, -0.2) is 33.9 Å². The number of nitrogens with zero attached hydrogens (tertiary/aromatic N) is 4. The first-order chi connectivity index (χ1) is 17.3. The molecule has 5 rings (SSSR count). The zero-order chi connectivity index (χ0) is 23.9. The topological polar surface area (TPSA) is 49.3 Å². The smallest absolute Gasteiger partial charge is 0.257 e. The van der Waals surface area contributed by atoms with Crippen molar-refractivity contribution < 1.29 is 4.79 Å². The summed E-state index contributed by atoms with van der Waals surface area (Å²) in [6, 6.07) is 19.3. The highest BCUT2D eigenvalue weighted by Crippen LogP contribution is 2.37. The fourth-order valence-electron chi connectivity index (χ4n) is 5.00. The summed E-state index contributed by atoms with van der Waals surface area (Å²) in [5, 5.41) is 0. The highest BCUT2D eigenvalue weighted by molar-refractivity contribution is 5.93. The number of fused-ring (bicyclic) bond motifs is 1. The predicted molar refractivity (Wildman–Crippen MR) is 140 cm³/mol. The van der Waals surface area contributed by atoms with Gasteiger partial charge in [-0.2, -0.15) is 0 Å². The normalized spacial score (nSPS) is 17.6. The fourth-order valence-corrected chi connectivity index (χ4v) is 5.00. The van der Waals surface area contributed by atoms with Crippen LogP contribution in [-0.2, 0) is 13.1 Å². The molecule has 3 aromatic rings. The van der Waals surface area contributed by atoms with E-state index in [9.17, 15) is 4.79 Å². The number of hydrogen-bond acceptors (Lipinski definition) is 4. The van der Waals surface area contributed by atoms with Crippen molar-refractivity contribution in [3.8, 4) is 0 Å². The van der Waals surface area contributed by atoms with E-state index in [2.05, 4.69) is 69.5 Å². The number of rotatable bonds is 4. The minimum Gasteiger partial charge on any atom is -0.367 e. The Morgan fingerprint density at radius 3 is 2.20 bits per heavy atom. The molecule has 1 saturated carbocycles. The van der Waals surface area contributed by atoms with Crippen molar-refractivity contribution in [1.82, 2.24) is 14.9 Å². The number of anilines is 1. The monoisotopic (exact) mass is 468 g/mol. The predicted octanol–water partition coefficient (Wildman–Crippen LogP) is 6.36. The first-order valence-electron chi connectivity index (χ1n) is 13.3. The maximum absolute atomic E-state index is 13.6. The van der Waals surface area contributed by atoms with Crippen molar-refractivity contribution in [3.63, 3.8) is 0 Å². The molecule has 182 valence electrons. The van der Waals surface area contributed by atoms with Gasteiger partial charge in [-0.05, 0) is 42.9 Å². The van der Waals surface area contributed by atoms with Gasteiger partial charge >= 0.3 is 0 Å². The Hall–Kier alpha value is -3.21. The summed E-state index contributed by atoms with van der Waals surface area (Å²) in [6.07, 6.45) is 12.9. The largest absolute Gasteiger partial charge is 0.367 e. The summed E-state index contributed by atoms with van der Waals surface area (Å²) in [5.41, 5.74) is 4.34. The maximum atomic E-state index is 13.6. The minimum absolute atomic E-state index is 0.0339. The van der Waals surface area contributed by atoms with Crippen LogP contribution >= 0.6 is 0 Å². The number of amides is 1. The van der Waals surface area contributed by atoms with Crippen molar-refractivity contribution in [2.24, 2.45) is 0 Å². The molecule has 0 bridgehead atoms. The van der Waals surface area contributed by atoms with Crippen LogP contribution < -0.4 is 4.90 Å². The summed E-state index contributed by atoms with van der Waals surface area (Å²) in [6.45, 7) is 3.26. The summed E-state index contributed by atoms with van der Waals surface area (Å²) < 4.78 is 0. The van der Waals surface area contributed by atoms with E-state index in [1.54, 1.807) is 12.4 Å². The zero-order valence-corrected chi connectivity index (χ0v) is 20.6. The van der Waals surface area contributed by atoms with E-state index in [-0.39, 0.29) is 5.91 Å². The first kappa shape index (κ1) is 23.5. The number of aromatic nitrogens is 2. The van der Waals surface area contributed by atoms with Gasteiger partial charge in [-0.15, -0.1) is 0 Å². The van der Waals surface area contributed by atoms with E-state index in [0.717, 1.165) is 51.1 Å². The highest BCUT2D eigenvalue weighted by Gasteiger charge is 2.27. The standard InChI is InChI=1S/C30H36N4O/c35-30(27-20-31-29(32-21-27)25-16-17-25)34-19-11-4-2-1-3-10-18-33(22-24-12-6-5-7-13-24)28-15-9-8-14-26(28)23-34/h5-9,12-15,20-21,25H,1-4,10-11,16-19,22-23H2. The van der Waals surface area contributed by atoms with Crippen LogP contribution in [0, 0.1) is 0 Å². The zero-order valence-electron chi connectivity index (χ0n) is 20.6. The molecule has 0 radical (unpaired) electrons. The molecule has 5 heteroatoms. The molecule has 0 spiro atoms. The molecule has 1 aliphatic carbocycles. The molecule has 2 heterocycles. The molecule has 0 N–H and O–H groups in total. The Labute approximate surface area is 209 Å². The lowest BCUT2D eigenvalue weighted by Crippen LogP contribution is -2.33. The number of carbonyl (C=O) groups is 1. The molecular formula is C30H36N4O. The molecule has 0 atom stereocenters. The second-order valence-corrected chi connectivity index (χ2v) is 9.99. The second-order valence-electron chi connectivity index (χ2n) is 9.99. The van der Waals surface area contributed by atoms with E-state index in [0.29, 0.717) is 18.0 Å². The third-order valence-corrected chi connectivity index (χ3v) is 7.16. The molecule has 5 nitrogen and oxygen atoms in total. The van der Waals surface area contributed by atoms with Gasteiger partial charge in [0.1, 0.15) is 5.82 Å². The first-order valence-corrected chi connectivity index (χ1v) is 13.3. The molecule has 1 aromatic heterocycles. The van der Waals surface area contributed by atoms with Gasteiger partial charge in [0.2, 0.25) is 0 Å². The Morgan fingerprint density at radius 1 is 0.800 bits per heavy atom. The summed E-state index contributed by atoms with van der Waals surface area (Å²) in [5.74, 6) is 1.41. The van der Waals surface area contributed by atoms with Gasteiger partial charge in [-0.25, -0.2) is 9.97 Å². The summed E-state index contributed by atoms with van der Waals surface area (Å²) in [7, 11) is 0. The third kappa shape index (κ3) is 6.27. The SMILES string of the molecule is O=C(c1cnc(C2CC2)nc1)N1CCCCCCCCN(Cc2ccccc2)c2ccccc2C1. The van der Waals surface area contributed by atoms with Gasteiger partial charge in [0.05, 0.1) is 5.56 Å². The van der Waals surface area contributed by atoms with Crippen LogP contribution in [0.2, 0.25) is 0 Å². The molecule has 1 aliphatic heterocycles. The second kappa shape index (κ2) is 11.5. The van der Waals surface area contributed by atoms with Gasteiger partial charge in [-0.3, -0.25) is 4.79 Å². The summed E-state index contributed by atoms with van der Waals surface area (Å²) >= 11 is 0. The van der Waals surface area contributed by atoms with Crippen LogP contribution in [0.5, 0.6) is 0 Å². The Morgan fingerprint density at radius 2 is 1.46 bits per heavy atom. The van der Waals surface area contributed by atoms with Gasteiger partial charge in [0, 0.05) is 50.2 Å². The number of carbonyl (C=O) groups excluding carboxylic acids is 1. The number of para-hydroxylation sites is 1. The average Bonchev–Trinajstić information content (AvgIpc) is 3.75. The fraction of sp³-hybridized carbons (Fsp3) is 0.433. The highest BCUT2D eigenvalue weighted by atomic mass is 16.2. The molecule has 1 fully saturated rings. The number of benzene rings is 2. The van der Waals surface area contributed by atoms with Crippen LogP contribution in [0.1, 0.15) is 84.6 Å². The van der Waals surface area contributed by atoms with Crippen LogP contribution in [0.15, 0.2) is 67.0 Å². The van der Waals surface area contributed by atoms with Crippen LogP contribution in [0.25, 0.3) is 0 Å². The van der Waals surface area contributed by atoms with E-state index < -0.39 is 0 Å².